The van der Waals surface area contributed by atoms with Crippen molar-refractivity contribution in [2.24, 2.45) is 0 Å². The molecule has 2 unspecified atom stereocenters. The van der Waals surface area contributed by atoms with E-state index in [0.717, 1.165) is 44.9 Å². The topological polar surface area (TPSA) is 95.9 Å². The van der Waals surface area contributed by atoms with E-state index in [1.54, 1.807) is 6.08 Å². The van der Waals surface area contributed by atoms with Gasteiger partial charge in [0.15, 0.2) is 0 Å². The monoisotopic (exact) mass is 902 g/mol. The summed E-state index contributed by atoms with van der Waals surface area (Å²) >= 11 is 0. The summed E-state index contributed by atoms with van der Waals surface area (Å²) in [4.78, 5) is 24.4. The van der Waals surface area contributed by atoms with Crippen LogP contribution in [-0.4, -0.2) is 47.4 Å². The average molecular weight is 903 g/mol. The number of nitrogens with one attached hydrogen (secondary N) is 1. The molecule has 2 atom stereocenters. The van der Waals surface area contributed by atoms with E-state index in [9.17, 15) is 19.8 Å². The number of hydrogen-bond acceptors (Lipinski definition) is 5. The summed E-state index contributed by atoms with van der Waals surface area (Å²) in [6, 6.07) is -0.626. The standard InChI is InChI=1S/C58H111NO5/c1-3-5-7-9-11-13-15-27-32-36-40-44-48-52-58(63)64-53-49-45-41-37-33-29-26-24-22-20-18-17-19-21-23-25-28-31-35-39-43-47-51-57(62)59-55(54-60)56(61)50-46-42-38-34-30-16-14-12-10-8-6-4-2/h13,15,46,50,55-56,60-61H,3-12,14,16-45,47-49,51-54H2,1-2H3,(H,59,62)/b15-13-,50-46+. The van der Waals surface area contributed by atoms with E-state index in [0.29, 0.717) is 19.4 Å². The third-order valence-corrected chi connectivity index (χ3v) is 13.2. The second-order valence-electron chi connectivity index (χ2n) is 19.6. The lowest BCUT2D eigenvalue weighted by Gasteiger charge is -2.20. The van der Waals surface area contributed by atoms with Gasteiger partial charge in [0.25, 0.3) is 0 Å². The van der Waals surface area contributed by atoms with Crippen LogP contribution in [0.3, 0.4) is 0 Å². The van der Waals surface area contributed by atoms with Crippen molar-refractivity contribution in [3.05, 3.63) is 24.3 Å². The summed E-state index contributed by atoms with van der Waals surface area (Å²) in [5.41, 5.74) is 0. The van der Waals surface area contributed by atoms with Crippen molar-refractivity contribution in [1.29, 1.82) is 0 Å². The van der Waals surface area contributed by atoms with Gasteiger partial charge in [-0.25, -0.2) is 0 Å². The Morgan fingerprint density at radius 2 is 0.734 bits per heavy atom. The first-order valence-electron chi connectivity index (χ1n) is 28.6. The molecular formula is C58H111NO5. The van der Waals surface area contributed by atoms with Crippen molar-refractivity contribution in [3.63, 3.8) is 0 Å². The smallest absolute Gasteiger partial charge is 0.305 e. The summed E-state index contributed by atoms with van der Waals surface area (Å²) < 4.78 is 5.47. The number of unbranched alkanes of at least 4 members (excludes halogenated alkanes) is 40. The van der Waals surface area contributed by atoms with Crippen LogP contribution in [0.15, 0.2) is 24.3 Å². The summed E-state index contributed by atoms with van der Waals surface area (Å²) in [7, 11) is 0. The van der Waals surface area contributed by atoms with Crippen LogP contribution in [-0.2, 0) is 14.3 Å². The number of allylic oxidation sites excluding steroid dienone is 3. The first-order valence-corrected chi connectivity index (χ1v) is 28.6. The van der Waals surface area contributed by atoms with Crippen LogP contribution in [0, 0.1) is 0 Å². The number of amides is 1. The highest BCUT2D eigenvalue weighted by atomic mass is 16.5. The molecule has 0 aromatic rings. The maximum absolute atomic E-state index is 12.4. The minimum Gasteiger partial charge on any atom is -0.466 e. The minimum atomic E-state index is -0.843. The largest absolute Gasteiger partial charge is 0.466 e. The number of esters is 1. The molecule has 0 aromatic heterocycles. The fourth-order valence-electron chi connectivity index (χ4n) is 8.81. The van der Waals surface area contributed by atoms with Crippen molar-refractivity contribution < 1.29 is 24.5 Å². The predicted octanol–water partition coefficient (Wildman–Crippen LogP) is 17.5. The molecule has 6 heteroatoms. The molecule has 378 valence electrons. The molecule has 1 amide bonds. The Balaban J connectivity index is 3.39. The van der Waals surface area contributed by atoms with Gasteiger partial charge in [0.2, 0.25) is 5.91 Å². The zero-order valence-corrected chi connectivity index (χ0v) is 43.0. The van der Waals surface area contributed by atoms with Gasteiger partial charge in [-0.3, -0.25) is 9.59 Å². The van der Waals surface area contributed by atoms with Gasteiger partial charge in [0, 0.05) is 12.8 Å². The van der Waals surface area contributed by atoms with Crippen LogP contribution in [0.2, 0.25) is 0 Å². The Morgan fingerprint density at radius 3 is 1.12 bits per heavy atom. The Hall–Kier alpha value is -1.66. The Kier molecular flexibility index (Phi) is 52.6. The normalized spacial score (nSPS) is 12.8. The zero-order chi connectivity index (χ0) is 46.5. The highest BCUT2D eigenvalue weighted by Crippen LogP contribution is 2.17. The maximum atomic E-state index is 12.4. The molecule has 0 saturated carbocycles. The molecule has 0 radical (unpaired) electrons. The molecule has 0 saturated heterocycles. The van der Waals surface area contributed by atoms with Crippen molar-refractivity contribution in [3.8, 4) is 0 Å². The molecule has 0 aromatic carbocycles. The van der Waals surface area contributed by atoms with Crippen LogP contribution >= 0.6 is 0 Å². The predicted molar refractivity (Wildman–Crippen MR) is 278 cm³/mol. The summed E-state index contributed by atoms with van der Waals surface area (Å²) in [5.74, 6) is -0.0651. The number of carbonyl (C=O) groups is 2. The van der Waals surface area contributed by atoms with Gasteiger partial charge in [0.1, 0.15) is 0 Å². The van der Waals surface area contributed by atoms with Crippen molar-refractivity contribution >= 4 is 11.9 Å². The average Bonchev–Trinajstić information content (AvgIpc) is 3.29. The molecular weight excluding hydrogens is 791 g/mol. The highest BCUT2D eigenvalue weighted by molar-refractivity contribution is 5.76. The van der Waals surface area contributed by atoms with Crippen molar-refractivity contribution in [2.45, 2.75) is 321 Å². The quantitative estimate of drug-likeness (QED) is 0.0321. The van der Waals surface area contributed by atoms with Crippen LogP contribution in [0.4, 0.5) is 0 Å². The van der Waals surface area contributed by atoms with Crippen molar-refractivity contribution in [2.75, 3.05) is 13.2 Å². The number of hydrogen-bond donors (Lipinski definition) is 3. The number of aliphatic hydroxyl groups is 2. The second-order valence-corrected chi connectivity index (χ2v) is 19.6. The van der Waals surface area contributed by atoms with Crippen LogP contribution in [0.25, 0.3) is 0 Å². The van der Waals surface area contributed by atoms with E-state index in [1.807, 2.05) is 6.08 Å². The first-order chi connectivity index (χ1) is 31.5. The Labute approximate surface area is 399 Å². The second kappa shape index (κ2) is 54.0. The lowest BCUT2D eigenvalue weighted by atomic mass is 10.0. The number of carbonyl (C=O) groups excluding carboxylic acids is 2. The SMILES string of the molecule is CCCCCC/C=C\CCCCCCCC(=O)OCCCCCCCCCCCCCCCCCCCCCCCCC(=O)NC(CO)C(O)/C=C/CCCCCCCCCCCC. The van der Waals surface area contributed by atoms with Crippen LogP contribution < -0.4 is 5.32 Å². The molecule has 0 rings (SSSR count). The van der Waals surface area contributed by atoms with E-state index < -0.39 is 12.1 Å². The molecule has 3 N–H and O–H groups in total. The Morgan fingerprint density at radius 1 is 0.422 bits per heavy atom. The zero-order valence-electron chi connectivity index (χ0n) is 43.0. The molecule has 0 spiro atoms. The summed E-state index contributed by atoms with van der Waals surface area (Å²) in [5, 5.41) is 23.0. The third-order valence-electron chi connectivity index (χ3n) is 13.2. The lowest BCUT2D eigenvalue weighted by molar-refractivity contribution is -0.143. The van der Waals surface area contributed by atoms with E-state index in [2.05, 4.69) is 31.3 Å². The molecule has 0 bridgehead atoms. The molecule has 6 nitrogen and oxygen atoms in total. The molecule has 64 heavy (non-hydrogen) atoms. The van der Waals surface area contributed by atoms with Crippen molar-refractivity contribution in [1.82, 2.24) is 5.32 Å². The Bertz CT molecular complexity index is 997. The van der Waals surface area contributed by atoms with Crippen LogP contribution in [0.5, 0.6) is 0 Å². The van der Waals surface area contributed by atoms with Gasteiger partial charge in [0.05, 0.1) is 25.4 Å². The fourth-order valence-corrected chi connectivity index (χ4v) is 8.81. The van der Waals surface area contributed by atoms with Gasteiger partial charge in [-0.1, -0.05) is 263 Å². The number of ether oxygens (including phenoxy) is 1. The molecule has 0 aliphatic heterocycles. The molecule has 0 fully saturated rings. The van der Waals surface area contributed by atoms with Crippen LogP contribution in [0.1, 0.15) is 309 Å². The molecule has 0 heterocycles. The lowest BCUT2D eigenvalue weighted by Crippen LogP contribution is -2.45. The van der Waals surface area contributed by atoms with Gasteiger partial charge < -0.3 is 20.3 Å². The first kappa shape index (κ1) is 62.3. The van der Waals surface area contributed by atoms with E-state index in [4.69, 9.17) is 4.74 Å². The van der Waals surface area contributed by atoms with E-state index in [1.165, 1.54) is 238 Å². The number of aliphatic hydroxyl groups excluding tert-OH is 2. The van der Waals surface area contributed by atoms with Gasteiger partial charge in [-0.15, -0.1) is 0 Å². The fraction of sp³-hybridized carbons (Fsp3) is 0.897. The number of rotatable bonds is 53. The highest BCUT2D eigenvalue weighted by Gasteiger charge is 2.18. The summed E-state index contributed by atoms with van der Waals surface area (Å²) in [6.45, 7) is 4.88. The molecule has 0 aliphatic carbocycles. The van der Waals surface area contributed by atoms with E-state index in [-0.39, 0.29) is 18.5 Å². The van der Waals surface area contributed by atoms with Gasteiger partial charge in [-0.05, 0) is 57.8 Å². The van der Waals surface area contributed by atoms with E-state index >= 15 is 0 Å². The van der Waals surface area contributed by atoms with Gasteiger partial charge >= 0.3 is 5.97 Å². The summed E-state index contributed by atoms with van der Waals surface area (Å²) in [6.07, 6.45) is 64.9. The maximum Gasteiger partial charge on any atom is 0.305 e. The molecule has 0 aliphatic rings. The third kappa shape index (κ3) is 49.8. The van der Waals surface area contributed by atoms with Gasteiger partial charge in [-0.2, -0.15) is 0 Å². The minimum absolute atomic E-state index is 0.00332.